The molecule has 0 heterocycles. The predicted molar refractivity (Wildman–Crippen MR) is 68.6 cm³/mol. The van der Waals surface area contributed by atoms with Crippen LogP contribution in [-0.2, 0) is 10.6 Å². The van der Waals surface area contributed by atoms with Crippen molar-refractivity contribution in [2.45, 2.75) is 32.1 Å². The molecule has 0 aliphatic rings. The van der Waals surface area contributed by atoms with Gasteiger partial charge in [0.15, 0.2) is 0 Å². The molecule has 3 heteroatoms. The second-order valence-corrected chi connectivity index (χ2v) is 4.32. The second kappa shape index (κ2) is 8.03. The molecule has 0 unspecified atom stereocenters. The molecular formula is C12H17ClOS. The van der Waals surface area contributed by atoms with Crippen LogP contribution in [0.4, 0.5) is 0 Å². The Morgan fingerprint density at radius 3 is 2.33 bits per heavy atom. The first kappa shape index (κ1) is 12.9. The van der Waals surface area contributed by atoms with Crippen LogP contribution >= 0.6 is 24.5 Å². The summed E-state index contributed by atoms with van der Waals surface area (Å²) in [6.07, 6.45) is 5.94. The second-order valence-electron chi connectivity index (χ2n) is 3.62. The van der Waals surface area contributed by atoms with Gasteiger partial charge >= 0.3 is 0 Å². The van der Waals surface area contributed by atoms with Crippen LogP contribution < -0.4 is 0 Å². The lowest BCUT2D eigenvalue weighted by molar-refractivity contribution is 0.362. The molecule has 1 aromatic carbocycles. The number of thiol groups is 1. The molecule has 0 aliphatic heterocycles. The number of rotatable bonds is 7. The van der Waals surface area contributed by atoms with Crippen molar-refractivity contribution < 1.29 is 4.18 Å². The van der Waals surface area contributed by atoms with E-state index in [9.17, 15) is 0 Å². The van der Waals surface area contributed by atoms with Crippen LogP contribution in [0.15, 0.2) is 24.3 Å². The zero-order valence-electron chi connectivity index (χ0n) is 8.79. The van der Waals surface area contributed by atoms with Crippen LogP contribution in [0.1, 0.15) is 31.2 Å². The Kier molecular flexibility index (Phi) is 6.90. The molecule has 15 heavy (non-hydrogen) atoms. The molecule has 0 atom stereocenters. The number of halogens is 1. The summed E-state index contributed by atoms with van der Waals surface area (Å²) in [7, 11) is 0. The van der Waals surface area contributed by atoms with E-state index in [1.54, 1.807) is 0 Å². The molecule has 0 saturated heterocycles. The Hall–Kier alpha value is -0.180. The third-order valence-corrected chi connectivity index (χ3v) is 2.80. The Morgan fingerprint density at radius 1 is 1.00 bits per heavy atom. The molecular weight excluding hydrogens is 228 g/mol. The Balaban J connectivity index is 2.07. The Morgan fingerprint density at radius 2 is 1.67 bits per heavy atom. The number of benzene rings is 1. The van der Waals surface area contributed by atoms with Crippen LogP contribution in [0.25, 0.3) is 0 Å². The smallest absolute Gasteiger partial charge is 0.0610 e. The third kappa shape index (κ3) is 6.08. The van der Waals surface area contributed by atoms with Gasteiger partial charge in [-0.2, -0.15) is 0 Å². The first-order chi connectivity index (χ1) is 7.33. The molecule has 0 radical (unpaired) electrons. The van der Waals surface area contributed by atoms with Gasteiger partial charge in [0.05, 0.1) is 6.61 Å². The monoisotopic (exact) mass is 244 g/mol. The molecule has 0 bridgehead atoms. The molecule has 0 amide bonds. The van der Waals surface area contributed by atoms with E-state index in [2.05, 4.69) is 25.0 Å². The van der Waals surface area contributed by atoms with Crippen LogP contribution in [0, 0.1) is 0 Å². The van der Waals surface area contributed by atoms with Crippen molar-refractivity contribution >= 4 is 24.5 Å². The molecule has 0 fully saturated rings. The van der Waals surface area contributed by atoms with E-state index in [0.29, 0.717) is 0 Å². The lowest BCUT2D eigenvalue weighted by Crippen LogP contribution is -1.88. The van der Waals surface area contributed by atoms with Gasteiger partial charge in [-0.05, 0) is 49.9 Å². The van der Waals surface area contributed by atoms with E-state index in [4.69, 9.17) is 15.8 Å². The minimum absolute atomic E-state index is 0.754. The van der Waals surface area contributed by atoms with Crippen molar-refractivity contribution in [2.75, 3.05) is 6.61 Å². The zero-order chi connectivity index (χ0) is 10.9. The summed E-state index contributed by atoms with van der Waals surface area (Å²) >= 11 is 9.51. The highest BCUT2D eigenvalue weighted by atomic mass is 35.5. The van der Waals surface area contributed by atoms with Crippen molar-refractivity contribution in [3.63, 3.8) is 0 Å². The van der Waals surface area contributed by atoms with Crippen molar-refractivity contribution in [3.8, 4) is 0 Å². The highest BCUT2D eigenvalue weighted by molar-refractivity contribution is 7.75. The van der Waals surface area contributed by atoms with E-state index >= 15 is 0 Å². The maximum absolute atomic E-state index is 5.81. The fraction of sp³-hybridized carbons (Fsp3) is 0.500. The standard InChI is InChI=1S/C12H17ClOS/c13-12-8-6-11(7-9-12)5-3-1-2-4-10-14-15/h6-9,15H,1-5,10H2. The zero-order valence-corrected chi connectivity index (χ0v) is 10.4. The molecule has 0 aromatic heterocycles. The maximum Gasteiger partial charge on any atom is 0.0610 e. The molecule has 1 aromatic rings. The summed E-state index contributed by atoms with van der Waals surface area (Å²) in [5.41, 5.74) is 1.37. The largest absolute Gasteiger partial charge is 0.319 e. The summed E-state index contributed by atoms with van der Waals surface area (Å²) < 4.78 is 4.70. The summed E-state index contributed by atoms with van der Waals surface area (Å²) in [6.45, 7) is 0.754. The van der Waals surface area contributed by atoms with Crippen LogP contribution in [0.2, 0.25) is 5.02 Å². The van der Waals surface area contributed by atoms with Gasteiger partial charge in [-0.15, -0.1) is 0 Å². The number of aryl methyl sites for hydroxylation is 1. The highest BCUT2D eigenvalue weighted by Crippen LogP contribution is 2.12. The molecule has 84 valence electrons. The molecule has 0 aliphatic carbocycles. The van der Waals surface area contributed by atoms with E-state index in [-0.39, 0.29) is 0 Å². The predicted octanol–water partition coefficient (Wildman–Crippen LogP) is 4.30. The summed E-state index contributed by atoms with van der Waals surface area (Å²) in [6, 6.07) is 8.09. The fourth-order valence-corrected chi connectivity index (χ4v) is 1.76. The average molecular weight is 245 g/mol. The number of hydrogen-bond acceptors (Lipinski definition) is 2. The van der Waals surface area contributed by atoms with E-state index < -0.39 is 0 Å². The van der Waals surface area contributed by atoms with Gasteiger partial charge < -0.3 is 4.18 Å². The SMILES string of the molecule is SOCCCCCCc1ccc(Cl)cc1. The summed E-state index contributed by atoms with van der Waals surface area (Å²) in [5, 5.41) is 0.810. The van der Waals surface area contributed by atoms with Gasteiger partial charge in [-0.1, -0.05) is 36.6 Å². The highest BCUT2D eigenvalue weighted by Gasteiger charge is 1.94. The van der Waals surface area contributed by atoms with Gasteiger partial charge in [-0.3, -0.25) is 0 Å². The van der Waals surface area contributed by atoms with Gasteiger partial charge in [0, 0.05) is 5.02 Å². The quantitative estimate of drug-likeness (QED) is 0.427. The van der Waals surface area contributed by atoms with Gasteiger partial charge in [0.2, 0.25) is 0 Å². The summed E-state index contributed by atoms with van der Waals surface area (Å²) in [4.78, 5) is 0. The van der Waals surface area contributed by atoms with Crippen molar-refractivity contribution in [1.29, 1.82) is 0 Å². The topological polar surface area (TPSA) is 9.23 Å². The normalized spacial score (nSPS) is 10.5. The first-order valence-corrected chi connectivity index (χ1v) is 6.08. The van der Waals surface area contributed by atoms with E-state index in [1.165, 1.54) is 24.8 Å². The van der Waals surface area contributed by atoms with Gasteiger partial charge in [-0.25, -0.2) is 0 Å². The minimum Gasteiger partial charge on any atom is -0.319 e. The molecule has 0 saturated carbocycles. The fourth-order valence-electron chi connectivity index (χ4n) is 1.50. The Labute approximate surface area is 102 Å². The molecule has 1 rings (SSSR count). The Bertz CT molecular complexity index is 261. The lowest BCUT2D eigenvalue weighted by atomic mass is 10.1. The third-order valence-electron chi connectivity index (χ3n) is 2.36. The van der Waals surface area contributed by atoms with Gasteiger partial charge in [0.1, 0.15) is 0 Å². The maximum atomic E-state index is 5.81. The van der Waals surface area contributed by atoms with E-state index in [0.717, 1.165) is 24.5 Å². The summed E-state index contributed by atoms with van der Waals surface area (Å²) in [5.74, 6) is 0. The number of hydrogen-bond donors (Lipinski definition) is 1. The van der Waals surface area contributed by atoms with Gasteiger partial charge in [0.25, 0.3) is 0 Å². The molecule has 0 spiro atoms. The van der Waals surface area contributed by atoms with Crippen LogP contribution in [0.3, 0.4) is 0 Å². The molecule has 1 nitrogen and oxygen atoms in total. The van der Waals surface area contributed by atoms with Crippen LogP contribution in [-0.4, -0.2) is 6.61 Å². The van der Waals surface area contributed by atoms with Crippen molar-refractivity contribution in [3.05, 3.63) is 34.9 Å². The lowest BCUT2D eigenvalue weighted by Gasteiger charge is -2.01. The number of unbranched alkanes of at least 4 members (excludes halogenated alkanes) is 3. The average Bonchev–Trinajstić information content (AvgIpc) is 2.26. The van der Waals surface area contributed by atoms with Crippen LogP contribution in [0.5, 0.6) is 0 Å². The van der Waals surface area contributed by atoms with E-state index in [1.807, 2.05) is 12.1 Å². The van der Waals surface area contributed by atoms with Crippen molar-refractivity contribution in [1.82, 2.24) is 0 Å². The van der Waals surface area contributed by atoms with Crippen molar-refractivity contribution in [2.24, 2.45) is 0 Å². The minimum atomic E-state index is 0.754. The first-order valence-electron chi connectivity index (χ1n) is 5.34. The molecule has 0 N–H and O–H groups in total.